The second-order valence-corrected chi connectivity index (χ2v) is 4.83. The van der Waals surface area contributed by atoms with E-state index in [0.717, 1.165) is 32.5 Å². The van der Waals surface area contributed by atoms with E-state index in [0.29, 0.717) is 5.41 Å². The summed E-state index contributed by atoms with van der Waals surface area (Å²) in [6, 6.07) is 8.84. The summed E-state index contributed by atoms with van der Waals surface area (Å²) in [5, 5.41) is 0. The fourth-order valence-corrected chi connectivity index (χ4v) is 3.08. The third-order valence-electron chi connectivity index (χ3n) is 4.08. The average Bonchev–Trinajstić information content (AvgIpc) is 2.54. The summed E-state index contributed by atoms with van der Waals surface area (Å²) in [5.41, 5.74) is 9.51. The van der Waals surface area contributed by atoms with E-state index in [4.69, 9.17) is 10.5 Å². The minimum absolute atomic E-state index is 0. The molecule has 88 valence electrons. The first-order chi connectivity index (χ1) is 7.32. The largest absolute Gasteiger partial charge is 0.381 e. The van der Waals surface area contributed by atoms with Crippen LogP contribution in [0.3, 0.4) is 0 Å². The molecule has 1 aliphatic heterocycles. The van der Waals surface area contributed by atoms with Crippen molar-refractivity contribution in [2.75, 3.05) is 13.2 Å². The number of hydrogen-bond donors (Lipinski definition) is 1. The van der Waals surface area contributed by atoms with Crippen LogP contribution in [0.2, 0.25) is 0 Å². The lowest BCUT2D eigenvalue weighted by atomic mass is 9.75. The van der Waals surface area contributed by atoms with Gasteiger partial charge in [0, 0.05) is 19.3 Å². The van der Waals surface area contributed by atoms with E-state index in [1.807, 2.05) is 0 Å². The summed E-state index contributed by atoms with van der Waals surface area (Å²) >= 11 is 0. The molecule has 1 saturated heterocycles. The van der Waals surface area contributed by atoms with Gasteiger partial charge in [-0.05, 0) is 35.8 Å². The molecule has 0 aromatic heterocycles. The molecule has 1 aliphatic carbocycles. The molecule has 2 nitrogen and oxygen atoms in total. The molecule has 1 fully saturated rings. The Bertz CT molecular complexity index is 374. The molecule has 0 saturated carbocycles. The van der Waals surface area contributed by atoms with Gasteiger partial charge in [-0.25, -0.2) is 0 Å². The summed E-state index contributed by atoms with van der Waals surface area (Å²) in [6.45, 7) is 1.75. The second-order valence-electron chi connectivity index (χ2n) is 4.83. The van der Waals surface area contributed by atoms with Gasteiger partial charge in [-0.3, -0.25) is 0 Å². The third kappa shape index (κ3) is 1.65. The van der Waals surface area contributed by atoms with E-state index in [9.17, 15) is 0 Å². The van der Waals surface area contributed by atoms with Crippen molar-refractivity contribution >= 4 is 12.4 Å². The molecule has 1 heterocycles. The SMILES string of the molecule is Cl.NC1c2ccccc2CC12CCOCC2. The van der Waals surface area contributed by atoms with Gasteiger partial charge in [-0.1, -0.05) is 24.3 Å². The van der Waals surface area contributed by atoms with Crippen LogP contribution in [0.4, 0.5) is 0 Å². The van der Waals surface area contributed by atoms with Crippen LogP contribution in [0.1, 0.15) is 30.0 Å². The van der Waals surface area contributed by atoms with Crippen molar-refractivity contribution in [3.63, 3.8) is 0 Å². The third-order valence-corrected chi connectivity index (χ3v) is 4.08. The van der Waals surface area contributed by atoms with Gasteiger partial charge >= 0.3 is 0 Å². The van der Waals surface area contributed by atoms with Crippen LogP contribution in [0, 0.1) is 5.41 Å². The summed E-state index contributed by atoms with van der Waals surface area (Å²) < 4.78 is 5.45. The fraction of sp³-hybridized carbons (Fsp3) is 0.538. The molecule has 2 aliphatic rings. The van der Waals surface area contributed by atoms with Crippen LogP contribution in [0.25, 0.3) is 0 Å². The predicted octanol–water partition coefficient (Wildman–Crippen LogP) is 2.46. The predicted molar refractivity (Wildman–Crippen MR) is 66.8 cm³/mol. The van der Waals surface area contributed by atoms with Gasteiger partial charge in [-0.15, -0.1) is 12.4 Å². The van der Waals surface area contributed by atoms with Crippen LogP contribution in [-0.4, -0.2) is 13.2 Å². The molecule has 0 amide bonds. The molecule has 1 spiro atoms. The first kappa shape index (κ1) is 11.9. The van der Waals surface area contributed by atoms with E-state index < -0.39 is 0 Å². The molecule has 3 rings (SSSR count). The van der Waals surface area contributed by atoms with E-state index in [1.54, 1.807) is 0 Å². The minimum Gasteiger partial charge on any atom is -0.381 e. The number of ether oxygens (including phenoxy) is 1. The average molecular weight is 240 g/mol. The Labute approximate surface area is 103 Å². The number of hydrogen-bond acceptors (Lipinski definition) is 2. The van der Waals surface area contributed by atoms with E-state index in [-0.39, 0.29) is 18.4 Å². The standard InChI is InChI=1S/C13H17NO.ClH/c14-12-11-4-2-1-3-10(11)9-13(12)5-7-15-8-6-13;/h1-4,12H,5-9,14H2;1H. The van der Waals surface area contributed by atoms with Crippen molar-refractivity contribution in [3.05, 3.63) is 35.4 Å². The highest BCUT2D eigenvalue weighted by atomic mass is 35.5. The quantitative estimate of drug-likeness (QED) is 0.755. The van der Waals surface area contributed by atoms with Gasteiger partial charge in [0.25, 0.3) is 0 Å². The Kier molecular flexibility index (Phi) is 3.24. The molecule has 1 aromatic carbocycles. The van der Waals surface area contributed by atoms with Gasteiger partial charge in [0.2, 0.25) is 0 Å². The molecular weight excluding hydrogens is 222 g/mol. The summed E-state index contributed by atoms with van der Waals surface area (Å²) in [7, 11) is 0. The lowest BCUT2D eigenvalue weighted by Gasteiger charge is -2.37. The molecule has 16 heavy (non-hydrogen) atoms. The monoisotopic (exact) mass is 239 g/mol. The van der Waals surface area contributed by atoms with Gasteiger partial charge in [-0.2, -0.15) is 0 Å². The minimum atomic E-state index is 0. The topological polar surface area (TPSA) is 35.2 Å². The highest BCUT2D eigenvalue weighted by Gasteiger charge is 2.44. The number of nitrogens with two attached hydrogens (primary N) is 1. The lowest BCUT2D eigenvalue weighted by molar-refractivity contribution is 0.00696. The van der Waals surface area contributed by atoms with E-state index in [1.165, 1.54) is 11.1 Å². The molecule has 1 atom stereocenters. The number of rotatable bonds is 0. The summed E-state index contributed by atoms with van der Waals surface area (Å²) in [4.78, 5) is 0. The zero-order valence-corrected chi connectivity index (χ0v) is 10.1. The normalized spacial score (nSPS) is 26.2. The summed E-state index contributed by atoms with van der Waals surface area (Å²) in [5.74, 6) is 0. The number of benzene rings is 1. The highest BCUT2D eigenvalue weighted by molar-refractivity contribution is 5.85. The van der Waals surface area contributed by atoms with E-state index in [2.05, 4.69) is 24.3 Å². The zero-order chi connectivity index (χ0) is 10.3. The maximum atomic E-state index is 6.40. The smallest absolute Gasteiger partial charge is 0.0472 e. The van der Waals surface area contributed by atoms with Crippen LogP contribution in [-0.2, 0) is 11.2 Å². The maximum Gasteiger partial charge on any atom is 0.0472 e. The van der Waals surface area contributed by atoms with Crippen molar-refractivity contribution in [2.45, 2.75) is 25.3 Å². The molecule has 1 aromatic rings. The second kappa shape index (κ2) is 4.36. The van der Waals surface area contributed by atoms with Crippen molar-refractivity contribution in [2.24, 2.45) is 11.1 Å². The maximum absolute atomic E-state index is 6.40. The van der Waals surface area contributed by atoms with Crippen LogP contribution in [0.15, 0.2) is 24.3 Å². The zero-order valence-electron chi connectivity index (χ0n) is 9.32. The van der Waals surface area contributed by atoms with Crippen LogP contribution in [0.5, 0.6) is 0 Å². The van der Waals surface area contributed by atoms with Crippen molar-refractivity contribution in [3.8, 4) is 0 Å². The molecule has 2 N–H and O–H groups in total. The Hall–Kier alpha value is -0.570. The van der Waals surface area contributed by atoms with E-state index >= 15 is 0 Å². The van der Waals surface area contributed by atoms with Gasteiger partial charge in [0.15, 0.2) is 0 Å². The van der Waals surface area contributed by atoms with Crippen molar-refractivity contribution in [1.29, 1.82) is 0 Å². The molecule has 3 heteroatoms. The summed E-state index contributed by atoms with van der Waals surface area (Å²) in [6.07, 6.45) is 3.37. The molecule has 0 radical (unpaired) electrons. The van der Waals surface area contributed by atoms with Crippen molar-refractivity contribution in [1.82, 2.24) is 0 Å². The van der Waals surface area contributed by atoms with Crippen LogP contribution < -0.4 is 5.73 Å². The van der Waals surface area contributed by atoms with Crippen molar-refractivity contribution < 1.29 is 4.74 Å². The number of halogens is 1. The number of fused-ring (bicyclic) bond motifs is 1. The Morgan fingerprint density at radius 2 is 1.88 bits per heavy atom. The first-order valence-corrected chi connectivity index (χ1v) is 5.73. The van der Waals surface area contributed by atoms with Crippen LogP contribution >= 0.6 is 12.4 Å². The molecule has 0 bridgehead atoms. The first-order valence-electron chi connectivity index (χ1n) is 5.73. The Balaban J connectivity index is 0.000000963. The highest BCUT2D eigenvalue weighted by Crippen LogP contribution is 2.50. The van der Waals surface area contributed by atoms with Gasteiger partial charge in [0.1, 0.15) is 0 Å². The Morgan fingerprint density at radius 3 is 2.56 bits per heavy atom. The fourth-order valence-electron chi connectivity index (χ4n) is 3.08. The van der Waals surface area contributed by atoms with Gasteiger partial charge < -0.3 is 10.5 Å². The molecular formula is C13H18ClNO. The molecule has 1 unspecified atom stereocenters. The lowest BCUT2D eigenvalue weighted by Crippen LogP contribution is -2.37. The Morgan fingerprint density at radius 1 is 1.19 bits per heavy atom. The van der Waals surface area contributed by atoms with Gasteiger partial charge in [0.05, 0.1) is 0 Å².